The van der Waals surface area contributed by atoms with Crippen molar-refractivity contribution in [3.8, 4) is 0 Å². The third-order valence-corrected chi connectivity index (χ3v) is 5.90. The maximum atomic E-state index is 3.62. The van der Waals surface area contributed by atoms with E-state index in [-0.39, 0.29) is 6.04 Å². The van der Waals surface area contributed by atoms with Crippen LogP contribution in [0.15, 0.2) is 45.6 Å². The van der Waals surface area contributed by atoms with Crippen LogP contribution in [0.25, 0.3) is 10.1 Å². The first-order valence-corrected chi connectivity index (χ1v) is 8.22. The molecule has 4 heteroatoms. The third-order valence-electron chi connectivity index (χ3n) is 2.97. The summed E-state index contributed by atoms with van der Waals surface area (Å²) in [6.45, 7) is 0. The van der Waals surface area contributed by atoms with Crippen molar-refractivity contribution in [2.75, 3.05) is 7.05 Å². The topological polar surface area (TPSA) is 12.0 Å². The van der Waals surface area contributed by atoms with Gasteiger partial charge in [0.25, 0.3) is 0 Å². The van der Waals surface area contributed by atoms with E-state index in [1.54, 1.807) is 11.3 Å². The van der Waals surface area contributed by atoms with Gasteiger partial charge in [0.1, 0.15) is 0 Å². The van der Waals surface area contributed by atoms with Crippen LogP contribution in [0.2, 0.25) is 0 Å². The first kappa shape index (κ1) is 12.4. The summed E-state index contributed by atoms with van der Waals surface area (Å²) in [5, 5.41) is 9.07. The Labute approximate surface area is 123 Å². The van der Waals surface area contributed by atoms with E-state index in [0.717, 1.165) is 0 Å². The molecule has 0 saturated carbocycles. The smallest absolute Gasteiger partial charge is 0.0688 e. The minimum Gasteiger partial charge on any atom is -0.309 e. The Morgan fingerprint density at radius 1 is 1.22 bits per heavy atom. The van der Waals surface area contributed by atoms with Crippen LogP contribution in [0, 0.1) is 0 Å². The fourth-order valence-electron chi connectivity index (χ4n) is 2.09. The fraction of sp³-hybridized carbons (Fsp3) is 0.143. The Balaban J connectivity index is 2.09. The van der Waals surface area contributed by atoms with Gasteiger partial charge >= 0.3 is 0 Å². The Bertz CT molecular complexity index is 638. The van der Waals surface area contributed by atoms with Crippen LogP contribution in [-0.2, 0) is 0 Å². The molecule has 0 bridgehead atoms. The molecule has 0 aliphatic heterocycles. The average Bonchev–Trinajstić information content (AvgIpc) is 2.97. The highest BCUT2D eigenvalue weighted by atomic mass is 79.9. The van der Waals surface area contributed by atoms with Crippen molar-refractivity contribution in [3.63, 3.8) is 0 Å². The van der Waals surface area contributed by atoms with Gasteiger partial charge in [0.2, 0.25) is 0 Å². The molecule has 1 N–H and O–H groups in total. The lowest BCUT2D eigenvalue weighted by atomic mass is 10.1. The molecular formula is C14H12BrNS2. The molecule has 2 heterocycles. The largest absolute Gasteiger partial charge is 0.309 e. The van der Waals surface area contributed by atoms with Crippen LogP contribution in [0.4, 0.5) is 0 Å². The lowest BCUT2D eigenvalue weighted by Crippen LogP contribution is -2.16. The molecule has 0 spiro atoms. The maximum Gasteiger partial charge on any atom is 0.0688 e. The highest BCUT2D eigenvalue weighted by Gasteiger charge is 2.17. The van der Waals surface area contributed by atoms with Gasteiger partial charge in [-0.05, 0) is 51.4 Å². The van der Waals surface area contributed by atoms with Crippen LogP contribution >= 0.6 is 38.6 Å². The quantitative estimate of drug-likeness (QED) is 0.706. The summed E-state index contributed by atoms with van der Waals surface area (Å²) in [5.41, 5.74) is 1.31. The molecule has 0 radical (unpaired) electrons. The zero-order valence-electron chi connectivity index (χ0n) is 9.81. The van der Waals surface area contributed by atoms with Gasteiger partial charge in [-0.15, -0.1) is 11.3 Å². The second kappa shape index (κ2) is 5.13. The molecule has 3 rings (SSSR count). The molecule has 2 aromatic heterocycles. The molecule has 18 heavy (non-hydrogen) atoms. The van der Waals surface area contributed by atoms with E-state index in [9.17, 15) is 0 Å². The minimum absolute atomic E-state index is 0.267. The summed E-state index contributed by atoms with van der Waals surface area (Å²) < 4.78 is 2.53. The molecule has 0 aliphatic carbocycles. The number of rotatable bonds is 3. The van der Waals surface area contributed by atoms with Crippen LogP contribution in [0.3, 0.4) is 0 Å². The zero-order chi connectivity index (χ0) is 12.5. The number of thiophene rings is 2. The van der Waals surface area contributed by atoms with Crippen molar-refractivity contribution < 1.29 is 0 Å². The highest BCUT2D eigenvalue weighted by Crippen LogP contribution is 2.36. The maximum absolute atomic E-state index is 3.62. The summed E-state index contributed by atoms with van der Waals surface area (Å²) in [6, 6.07) is 11.1. The normalized spacial score (nSPS) is 13.0. The molecule has 0 aliphatic rings. The molecule has 1 unspecified atom stereocenters. The summed E-state index contributed by atoms with van der Waals surface area (Å²) >= 11 is 7.21. The predicted octanol–water partition coefficient (Wildman–Crippen LogP) is 5.03. The van der Waals surface area contributed by atoms with Crippen molar-refractivity contribution in [2.45, 2.75) is 6.04 Å². The fourth-order valence-corrected chi connectivity index (χ4v) is 4.84. The van der Waals surface area contributed by atoms with Gasteiger partial charge in [-0.2, -0.15) is 11.3 Å². The number of hydrogen-bond acceptors (Lipinski definition) is 3. The Morgan fingerprint density at radius 2 is 2.06 bits per heavy atom. The number of fused-ring (bicyclic) bond motifs is 1. The summed E-state index contributed by atoms with van der Waals surface area (Å²) in [6.07, 6.45) is 0. The Hall–Kier alpha value is -0.680. The number of benzene rings is 1. The predicted molar refractivity (Wildman–Crippen MR) is 84.7 cm³/mol. The zero-order valence-corrected chi connectivity index (χ0v) is 13.0. The number of hydrogen-bond donors (Lipinski definition) is 1. The number of nitrogens with one attached hydrogen (secondary N) is 1. The molecule has 1 atom stereocenters. The van der Waals surface area contributed by atoms with Gasteiger partial charge in [-0.25, -0.2) is 0 Å². The average molecular weight is 338 g/mol. The van der Waals surface area contributed by atoms with E-state index in [0.29, 0.717) is 0 Å². The van der Waals surface area contributed by atoms with Crippen molar-refractivity contribution in [1.29, 1.82) is 0 Å². The second-order valence-electron chi connectivity index (χ2n) is 4.08. The number of halogens is 1. The van der Waals surface area contributed by atoms with Gasteiger partial charge in [-0.1, -0.05) is 18.2 Å². The first-order chi connectivity index (χ1) is 8.79. The van der Waals surface area contributed by atoms with Gasteiger partial charge in [-0.3, -0.25) is 0 Å². The summed E-state index contributed by atoms with van der Waals surface area (Å²) in [4.78, 5) is 1.36. The molecule has 0 amide bonds. The van der Waals surface area contributed by atoms with Crippen molar-refractivity contribution in [1.82, 2.24) is 5.32 Å². The third kappa shape index (κ3) is 2.14. The van der Waals surface area contributed by atoms with Gasteiger partial charge < -0.3 is 5.32 Å². The van der Waals surface area contributed by atoms with E-state index >= 15 is 0 Å². The molecule has 1 aromatic carbocycles. The second-order valence-corrected chi connectivity index (χ2v) is 6.80. The first-order valence-electron chi connectivity index (χ1n) is 5.67. The SMILES string of the molecule is CNC(c1cc2ccccc2s1)c1cscc1Br. The van der Waals surface area contributed by atoms with Crippen molar-refractivity contribution >= 4 is 48.7 Å². The van der Waals surface area contributed by atoms with Gasteiger partial charge in [0, 0.05) is 19.4 Å². The molecule has 92 valence electrons. The van der Waals surface area contributed by atoms with Crippen LogP contribution in [-0.4, -0.2) is 7.05 Å². The van der Waals surface area contributed by atoms with E-state index in [1.807, 2.05) is 18.4 Å². The lowest BCUT2D eigenvalue weighted by Gasteiger charge is -2.13. The van der Waals surface area contributed by atoms with E-state index in [2.05, 4.69) is 62.3 Å². The van der Waals surface area contributed by atoms with E-state index < -0.39 is 0 Å². The molecule has 0 fully saturated rings. The lowest BCUT2D eigenvalue weighted by molar-refractivity contribution is 0.704. The standard InChI is InChI=1S/C14H12BrNS2/c1-16-14(10-7-17-8-11(10)15)13-6-9-4-2-3-5-12(9)18-13/h2-8,14,16H,1H3. The minimum atomic E-state index is 0.267. The van der Waals surface area contributed by atoms with E-state index in [1.165, 1.54) is 25.0 Å². The Kier molecular flexibility index (Phi) is 3.52. The van der Waals surface area contributed by atoms with Gasteiger partial charge in [0.05, 0.1) is 6.04 Å². The van der Waals surface area contributed by atoms with Crippen LogP contribution in [0.5, 0.6) is 0 Å². The van der Waals surface area contributed by atoms with Crippen LogP contribution < -0.4 is 5.32 Å². The molecule has 1 nitrogen and oxygen atoms in total. The Morgan fingerprint density at radius 3 is 2.72 bits per heavy atom. The highest BCUT2D eigenvalue weighted by molar-refractivity contribution is 9.10. The molecular weight excluding hydrogens is 326 g/mol. The van der Waals surface area contributed by atoms with Crippen LogP contribution in [0.1, 0.15) is 16.5 Å². The summed E-state index contributed by atoms with van der Waals surface area (Å²) in [7, 11) is 2.01. The van der Waals surface area contributed by atoms with E-state index in [4.69, 9.17) is 0 Å². The monoisotopic (exact) mass is 337 g/mol. The van der Waals surface area contributed by atoms with Crippen molar-refractivity contribution in [3.05, 3.63) is 56.0 Å². The molecule has 0 saturated heterocycles. The van der Waals surface area contributed by atoms with Gasteiger partial charge in [0.15, 0.2) is 0 Å². The summed E-state index contributed by atoms with van der Waals surface area (Å²) in [5.74, 6) is 0. The van der Waals surface area contributed by atoms with Crippen molar-refractivity contribution in [2.24, 2.45) is 0 Å². The molecule has 3 aromatic rings.